The minimum Gasteiger partial charge on any atom is -0.337 e. The highest BCUT2D eigenvalue weighted by molar-refractivity contribution is 5.98. The van der Waals surface area contributed by atoms with Gasteiger partial charge in [-0.1, -0.05) is 6.42 Å². The molecule has 0 radical (unpaired) electrons. The predicted molar refractivity (Wildman–Crippen MR) is 113 cm³/mol. The van der Waals surface area contributed by atoms with Crippen molar-refractivity contribution in [1.82, 2.24) is 29.2 Å². The van der Waals surface area contributed by atoms with E-state index in [1.165, 1.54) is 19.3 Å². The van der Waals surface area contributed by atoms with Gasteiger partial charge in [0, 0.05) is 61.2 Å². The number of pyridine rings is 1. The summed E-state index contributed by atoms with van der Waals surface area (Å²) in [6, 6.07) is 10.2. The number of hydrogen-bond acceptors (Lipinski definition) is 4. The maximum atomic E-state index is 12.2. The van der Waals surface area contributed by atoms with Crippen LogP contribution in [0.1, 0.15) is 41.0 Å². The van der Waals surface area contributed by atoms with Crippen LogP contribution in [0.3, 0.4) is 0 Å². The number of rotatable bonds is 2. The van der Waals surface area contributed by atoms with E-state index in [4.69, 9.17) is 4.98 Å². The molecule has 1 aromatic carbocycles. The second-order valence-corrected chi connectivity index (χ2v) is 8.23. The lowest BCUT2D eigenvalue weighted by Crippen LogP contribution is -2.17. The Bertz CT molecular complexity index is 1300. The van der Waals surface area contributed by atoms with Gasteiger partial charge in [0.05, 0.1) is 0 Å². The van der Waals surface area contributed by atoms with Crippen molar-refractivity contribution in [3.63, 3.8) is 0 Å². The first kappa shape index (κ1) is 17.4. The Hall–Kier alpha value is -3.48. The highest BCUT2D eigenvalue weighted by Crippen LogP contribution is 2.29. The Morgan fingerprint density at radius 2 is 1.97 bits per heavy atom. The molecule has 0 bridgehead atoms. The Morgan fingerprint density at radius 1 is 1.03 bits per heavy atom. The van der Waals surface area contributed by atoms with Crippen molar-refractivity contribution in [1.29, 1.82) is 0 Å². The van der Waals surface area contributed by atoms with Gasteiger partial charge in [-0.05, 0) is 48.7 Å². The molecule has 0 aliphatic carbocycles. The number of nitrogens with zero attached hydrogens (tertiary/aromatic N) is 6. The van der Waals surface area contributed by atoms with Crippen LogP contribution in [0.25, 0.3) is 28.1 Å². The summed E-state index contributed by atoms with van der Waals surface area (Å²) in [5, 5.41) is 9.95. The second-order valence-electron chi connectivity index (χ2n) is 8.23. The third-order valence-corrected chi connectivity index (χ3v) is 6.25. The smallest absolute Gasteiger partial charge is 0.254 e. The topological polar surface area (TPSA) is 68.8 Å². The fourth-order valence-corrected chi connectivity index (χ4v) is 4.66. The van der Waals surface area contributed by atoms with Crippen LogP contribution in [0.5, 0.6) is 0 Å². The molecule has 0 spiro atoms. The lowest BCUT2D eigenvalue weighted by molar-refractivity contribution is 0.0816. The van der Waals surface area contributed by atoms with Crippen LogP contribution in [0.2, 0.25) is 0 Å². The van der Waals surface area contributed by atoms with E-state index in [0.717, 1.165) is 58.0 Å². The van der Waals surface area contributed by atoms with Crippen LogP contribution in [0.4, 0.5) is 0 Å². The zero-order chi connectivity index (χ0) is 20.2. The van der Waals surface area contributed by atoms with Crippen molar-refractivity contribution < 1.29 is 4.79 Å². The molecule has 3 aromatic heterocycles. The van der Waals surface area contributed by atoms with Crippen LogP contribution in [0.15, 0.2) is 42.7 Å². The zero-order valence-electron chi connectivity index (χ0n) is 16.9. The molecule has 0 atom stereocenters. The van der Waals surface area contributed by atoms with E-state index in [1.54, 1.807) is 4.90 Å². The van der Waals surface area contributed by atoms with Crippen molar-refractivity contribution in [3.05, 3.63) is 59.7 Å². The van der Waals surface area contributed by atoms with Gasteiger partial charge in [0.25, 0.3) is 5.91 Å². The van der Waals surface area contributed by atoms with E-state index in [9.17, 15) is 4.79 Å². The normalized spacial score (nSPS) is 16.0. The van der Waals surface area contributed by atoms with Gasteiger partial charge in [-0.15, -0.1) is 10.2 Å². The number of hydrogen-bond donors (Lipinski definition) is 0. The van der Waals surface area contributed by atoms with Gasteiger partial charge in [-0.3, -0.25) is 4.79 Å². The molecule has 2 aliphatic rings. The summed E-state index contributed by atoms with van der Waals surface area (Å²) < 4.78 is 4.33. The van der Waals surface area contributed by atoms with Crippen molar-refractivity contribution in [3.8, 4) is 17.1 Å². The van der Waals surface area contributed by atoms with Gasteiger partial charge in [0.1, 0.15) is 11.5 Å². The molecule has 0 N–H and O–H groups in total. The fraction of sp³-hybridized carbons (Fsp3) is 0.304. The molecule has 30 heavy (non-hydrogen) atoms. The van der Waals surface area contributed by atoms with Crippen LogP contribution in [-0.2, 0) is 19.5 Å². The van der Waals surface area contributed by atoms with E-state index in [1.807, 2.05) is 31.6 Å². The minimum absolute atomic E-state index is 0.0871. The summed E-state index contributed by atoms with van der Waals surface area (Å²) >= 11 is 0. The van der Waals surface area contributed by atoms with E-state index in [2.05, 4.69) is 37.5 Å². The van der Waals surface area contributed by atoms with Gasteiger partial charge in [-0.25, -0.2) is 4.98 Å². The first-order valence-electron chi connectivity index (χ1n) is 10.5. The van der Waals surface area contributed by atoms with Crippen LogP contribution in [0, 0.1) is 0 Å². The summed E-state index contributed by atoms with van der Waals surface area (Å²) in [5.41, 5.74) is 4.77. The molecule has 7 nitrogen and oxygen atoms in total. The summed E-state index contributed by atoms with van der Waals surface area (Å²) in [6.45, 7) is 1.62. The molecule has 150 valence electrons. The van der Waals surface area contributed by atoms with Gasteiger partial charge in [0.15, 0.2) is 5.82 Å². The summed E-state index contributed by atoms with van der Waals surface area (Å²) in [4.78, 5) is 18.7. The molecular weight excluding hydrogens is 376 g/mol. The highest BCUT2D eigenvalue weighted by Gasteiger charge is 2.24. The van der Waals surface area contributed by atoms with Gasteiger partial charge < -0.3 is 14.0 Å². The number of amides is 1. The maximum absolute atomic E-state index is 12.2. The molecule has 4 aromatic rings. The SMILES string of the molecule is CN1Cc2cc(-n3ccc4cc(-c5nnc6n5CCCCC6)cnc43)ccc2C1=O. The van der Waals surface area contributed by atoms with E-state index in [-0.39, 0.29) is 5.91 Å². The second kappa shape index (κ2) is 6.52. The molecule has 1 amide bonds. The molecule has 6 rings (SSSR count). The molecule has 7 heteroatoms. The summed E-state index contributed by atoms with van der Waals surface area (Å²) in [5.74, 6) is 2.08. The molecule has 0 saturated carbocycles. The molecule has 2 aliphatic heterocycles. The number of benzene rings is 1. The Morgan fingerprint density at radius 3 is 2.90 bits per heavy atom. The van der Waals surface area contributed by atoms with Crippen molar-refractivity contribution >= 4 is 16.9 Å². The first-order chi connectivity index (χ1) is 14.7. The van der Waals surface area contributed by atoms with Gasteiger partial charge >= 0.3 is 0 Å². The minimum atomic E-state index is 0.0871. The summed E-state index contributed by atoms with van der Waals surface area (Å²) in [7, 11) is 1.83. The van der Waals surface area contributed by atoms with Crippen LogP contribution >= 0.6 is 0 Å². The van der Waals surface area contributed by atoms with E-state index < -0.39 is 0 Å². The maximum Gasteiger partial charge on any atom is 0.254 e. The molecular formula is C23H22N6O. The lowest BCUT2D eigenvalue weighted by atomic mass is 10.1. The Kier molecular flexibility index (Phi) is 3.78. The van der Waals surface area contributed by atoms with Crippen LogP contribution < -0.4 is 0 Å². The molecule has 0 unspecified atom stereocenters. The highest BCUT2D eigenvalue weighted by atomic mass is 16.2. The number of carbonyl (C=O) groups excluding carboxylic acids is 1. The van der Waals surface area contributed by atoms with E-state index in [0.29, 0.717) is 6.54 Å². The van der Waals surface area contributed by atoms with Crippen LogP contribution in [-0.4, -0.2) is 42.2 Å². The number of aromatic nitrogens is 5. The third-order valence-electron chi connectivity index (χ3n) is 6.25. The average molecular weight is 398 g/mol. The van der Waals surface area contributed by atoms with E-state index >= 15 is 0 Å². The lowest BCUT2D eigenvalue weighted by Gasteiger charge is -2.09. The largest absolute Gasteiger partial charge is 0.337 e. The fourth-order valence-electron chi connectivity index (χ4n) is 4.66. The van der Waals surface area contributed by atoms with Crippen molar-refractivity contribution in [2.75, 3.05) is 7.05 Å². The Labute approximate surface area is 174 Å². The standard InChI is InChI=1S/C23H22N6O/c1-27-14-17-12-18(6-7-19(17)23(27)30)28-10-8-15-11-16(13-24-21(15)28)22-26-25-20-5-3-2-4-9-29(20)22/h6-8,10-13H,2-5,9,14H2,1H3. The van der Waals surface area contributed by atoms with Crippen molar-refractivity contribution in [2.24, 2.45) is 0 Å². The number of fused-ring (bicyclic) bond motifs is 3. The predicted octanol–water partition coefficient (Wildman–Crippen LogP) is 3.60. The first-order valence-corrected chi connectivity index (χ1v) is 10.5. The average Bonchev–Trinajstić information content (AvgIpc) is 3.38. The molecule has 0 fully saturated rings. The molecule has 5 heterocycles. The number of aryl methyl sites for hydroxylation is 1. The number of carbonyl (C=O) groups is 1. The van der Waals surface area contributed by atoms with Gasteiger partial charge in [0.2, 0.25) is 0 Å². The Balaban J connectivity index is 1.40. The zero-order valence-corrected chi connectivity index (χ0v) is 16.9. The summed E-state index contributed by atoms with van der Waals surface area (Å²) in [6.07, 6.45) is 8.51. The monoisotopic (exact) mass is 398 g/mol. The molecule has 0 saturated heterocycles. The van der Waals surface area contributed by atoms with Gasteiger partial charge in [-0.2, -0.15) is 0 Å². The van der Waals surface area contributed by atoms with Crippen molar-refractivity contribution in [2.45, 2.75) is 38.8 Å². The quantitative estimate of drug-likeness (QED) is 0.517. The third kappa shape index (κ3) is 2.58.